The van der Waals surface area contributed by atoms with Gasteiger partial charge in [-0.05, 0) is 19.1 Å². The summed E-state index contributed by atoms with van der Waals surface area (Å²) in [7, 11) is 0. The van der Waals surface area contributed by atoms with E-state index in [1.54, 1.807) is 11.8 Å². The number of nitrogens with zero attached hydrogens (tertiary/aromatic N) is 3. The number of aromatic nitrogens is 4. The molecule has 0 bridgehead atoms. The van der Waals surface area contributed by atoms with Gasteiger partial charge in [-0.3, -0.25) is 9.89 Å². The van der Waals surface area contributed by atoms with Crippen LogP contribution in [-0.2, 0) is 0 Å². The van der Waals surface area contributed by atoms with Crippen LogP contribution in [0, 0.1) is 6.92 Å². The Labute approximate surface area is 146 Å². The zero-order chi connectivity index (χ0) is 16.5. The predicted octanol–water partition coefficient (Wildman–Crippen LogP) is 3.91. The second kappa shape index (κ2) is 10.0. The molecular weight excluding hydrogens is 328 g/mol. The lowest BCUT2D eigenvalue weighted by Crippen LogP contribution is -2.14. The maximum atomic E-state index is 11.8. The summed E-state index contributed by atoms with van der Waals surface area (Å²) < 4.78 is 1.40. The van der Waals surface area contributed by atoms with E-state index in [9.17, 15) is 4.79 Å². The molecule has 2 aromatic rings. The fourth-order valence-corrected chi connectivity index (χ4v) is 4.23. The Balaban J connectivity index is 1.62. The van der Waals surface area contributed by atoms with E-state index in [4.69, 9.17) is 0 Å². The van der Waals surface area contributed by atoms with Crippen LogP contribution < -0.4 is 5.56 Å². The summed E-state index contributed by atoms with van der Waals surface area (Å²) in [5.41, 5.74) is 0.594. The summed E-state index contributed by atoms with van der Waals surface area (Å²) in [4.78, 5) is 20.4. The van der Waals surface area contributed by atoms with Crippen LogP contribution in [0.4, 0.5) is 0 Å². The average molecular weight is 355 g/mol. The van der Waals surface area contributed by atoms with E-state index < -0.39 is 0 Å². The highest BCUT2D eigenvalue weighted by Gasteiger charge is 2.06. The van der Waals surface area contributed by atoms with Gasteiger partial charge in [0.1, 0.15) is 0 Å². The maximum Gasteiger partial charge on any atom is 0.274 e. The smallest absolute Gasteiger partial charge is 0.267 e. The van der Waals surface area contributed by atoms with Crippen molar-refractivity contribution in [2.45, 2.75) is 57.5 Å². The second-order valence-electron chi connectivity index (χ2n) is 5.63. The summed E-state index contributed by atoms with van der Waals surface area (Å²) in [6, 6.07) is 1.51. The molecule has 0 aliphatic rings. The Morgan fingerprint density at radius 1 is 1.09 bits per heavy atom. The molecular formula is C16H26N4OS2. The van der Waals surface area contributed by atoms with Gasteiger partial charge in [-0.25, -0.2) is 4.98 Å². The molecule has 23 heavy (non-hydrogen) atoms. The summed E-state index contributed by atoms with van der Waals surface area (Å²) in [6.45, 7) is 4.06. The van der Waals surface area contributed by atoms with Crippen LogP contribution in [0.25, 0.3) is 5.78 Å². The van der Waals surface area contributed by atoms with Gasteiger partial charge in [0.15, 0.2) is 5.16 Å². The van der Waals surface area contributed by atoms with Crippen LogP contribution in [-0.4, -0.2) is 36.8 Å². The van der Waals surface area contributed by atoms with Crippen LogP contribution in [0.2, 0.25) is 0 Å². The van der Waals surface area contributed by atoms with E-state index in [1.165, 1.54) is 54.9 Å². The van der Waals surface area contributed by atoms with Gasteiger partial charge in [0.25, 0.3) is 11.3 Å². The number of aryl methyl sites for hydroxylation is 1. The van der Waals surface area contributed by atoms with Gasteiger partial charge in [0.2, 0.25) is 0 Å². The number of fused-ring (bicyclic) bond motifs is 1. The van der Waals surface area contributed by atoms with Crippen molar-refractivity contribution in [2.24, 2.45) is 0 Å². The number of unbranched alkanes of at least 4 members (excludes halogenated alkanes) is 5. The SMILES string of the molecule is CCCCCCCCSCCSc1nc2nc(C)cc(=O)n2[nH]1. The number of nitrogens with one attached hydrogen (secondary N) is 1. The van der Waals surface area contributed by atoms with Crippen molar-refractivity contribution in [3.8, 4) is 0 Å². The third-order valence-electron chi connectivity index (χ3n) is 3.55. The second-order valence-corrected chi connectivity index (χ2v) is 7.94. The molecule has 1 N–H and O–H groups in total. The van der Waals surface area contributed by atoms with Crippen LogP contribution in [0.1, 0.15) is 51.1 Å². The lowest BCUT2D eigenvalue weighted by molar-refractivity contribution is 0.627. The van der Waals surface area contributed by atoms with Crippen molar-refractivity contribution >= 4 is 29.3 Å². The zero-order valence-corrected chi connectivity index (χ0v) is 15.6. The van der Waals surface area contributed by atoms with Crippen LogP contribution in [0.15, 0.2) is 16.0 Å². The Kier molecular flexibility index (Phi) is 8.02. The first-order valence-corrected chi connectivity index (χ1v) is 10.5. The molecule has 0 radical (unpaired) electrons. The first-order valence-electron chi connectivity index (χ1n) is 8.37. The molecule has 0 amide bonds. The molecule has 0 saturated carbocycles. The van der Waals surface area contributed by atoms with Crippen molar-refractivity contribution in [3.63, 3.8) is 0 Å². The van der Waals surface area contributed by atoms with Crippen molar-refractivity contribution < 1.29 is 0 Å². The molecule has 5 nitrogen and oxygen atoms in total. The van der Waals surface area contributed by atoms with Gasteiger partial charge in [0.05, 0.1) is 0 Å². The van der Waals surface area contributed by atoms with Gasteiger partial charge in [-0.1, -0.05) is 50.8 Å². The van der Waals surface area contributed by atoms with E-state index in [2.05, 4.69) is 22.0 Å². The molecule has 128 valence electrons. The Morgan fingerprint density at radius 2 is 1.87 bits per heavy atom. The molecule has 7 heteroatoms. The normalized spacial score (nSPS) is 11.4. The molecule has 0 unspecified atom stereocenters. The van der Waals surface area contributed by atoms with E-state index in [0.717, 1.165) is 16.7 Å². The molecule has 2 aromatic heterocycles. The number of H-pyrrole nitrogens is 1. The quantitative estimate of drug-likeness (QED) is 0.489. The standard InChI is InChI=1S/C16H26N4OS2/c1-3-4-5-6-7-8-9-22-10-11-23-16-18-15-17-13(2)12-14(21)20(15)19-16/h12H,3-11H2,1-2H3,(H,17,18,19). The van der Waals surface area contributed by atoms with Gasteiger partial charge in [0, 0.05) is 23.3 Å². The number of hydrogen-bond donors (Lipinski definition) is 1. The molecule has 0 aliphatic carbocycles. The van der Waals surface area contributed by atoms with E-state index >= 15 is 0 Å². The van der Waals surface area contributed by atoms with Crippen molar-refractivity contribution in [3.05, 3.63) is 22.1 Å². The van der Waals surface area contributed by atoms with Gasteiger partial charge >= 0.3 is 0 Å². The lowest BCUT2D eigenvalue weighted by atomic mass is 10.1. The fourth-order valence-electron chi connectivity index (χ4n) is 2.32. The molecule has 0 aromatic carbocycles. The van der Waals surface area contributed by atoms with Crippen molar-refractivity contribution in [2.75, 3.05) is 17.3 Å². The monoisotopic (exact) mass is 354 g/mol. The van der Waals surface area contributed by atoms with Crippen LogP contribution in [0.3, 0.4) is 0 Å². The summed E-state index contributed by atoms with van der Waals surface area (Å²) in [6.07, 6.45) is 8.13. The molecule has 2 heterocycles. The Morgan fingerprint density at radius 3 is 2.70 bits per heavy atom. The third-order valence-corrected chi connectivity index (χ3v) is 5.74. The lowest BCUT2D eigenvalue weighted by Gasteiger charge is -2.01. The highest BCUT2D eigenvalue weighted by atomic mass is 32.2. The topological polar surface area (TPSA) is 63.1 Å². The average Bonchev–Trinajstić information content (AvgIpc) is 2.92. The van der Waals surface area contributed by atoms with Crippen molar-refractivity contribution in [1.82, 2.24) is 19.6 Å². The molecule has 2 rings (SSSR count). The maximum absolute atomic E-state index is 11.8. The number of hydrogen-bond acceptors (Lipinski definition) is 5. The predicted molar refractivity (Wildman–Crippen MR) is 99.8 cm³/mol. The number of aromatic amines is 1. The molecule has 0 spiro atoms. The minimum absolute atomic E-state index is 0.107. The first-order chi connectivity index (χ1) is 11.2. The fraction of sp³-hybridized carbons (Fsp3) is 0.688. The Bertz CT molecular complexity index is 653. The zero-order valence-electron chi connectivity index (χ0n) is 14.0. The van der Waals surface area contributed by atoms with Gasteiger partial charge in [-0.2, -0.15) is 21.3 Å². The molecule has 0 atom stereocenters. The van der Waals surface area contributed by atoms with Gasteiger partial charge < -0.3 is 0 Å². The van der Waals surface area contributed by atoms with Gasteiger partial charge in [-0.15, -0.1) is 0 Å². The summed E-state index contributed by atoms with van der Waals surface area (Å²) >= 11 is 3.65. The molecule has 0 fully saturated rings. The largest absolute Gasteiger partial charge is 0.274 e. The highest BCUT2D eigenvalue weighted by molar-refractivity contribution is 8.02. The number of rotatable bonds is 11. The van der Waals surface area contributed by atoms with E-state index in [0.29, 0.717) is 11.5 Å². The minimum Gasteiger partial charge on any atom is -0.267 e. The minimum atomic E-state index is -0.107. The molecule has 0 aliphatic heterocycles. The number of thioether (sulfide) groups is 2. The Hall–Kier alpha value is -0.950. The highest BCUT2D eigenvalue weighted by Crippen LogP contribution is 2.16. The summed E-state index contributed by atoms with van der Waals surface area (Å²) in [5.74, 6) is 3.80. The first kappa shape index (κ1) is 18.4. The van der Waals surface area contributed by atoms with Crippen LogP contribution >= 0.6 is 23.5 Å². The third kappa shape index (κ3) is 6.22. The van der Waals surface area contributed by atoms with E-state index in [1.807, 2.05) is 18.7 Å². The molecule has 0 saturated heterocycles. The van der Waals surface area contributed by atoms with Crippen molar-refractivity contribution in [1.29, 1.82) is 0 Å². The van der Waals surface area contributed by atoms with E-state index in [-0.39, 0.29) is 5.56 Å². The van der Waals surface area contributed by atoms with Crippen LogP contribution in [0.5, 0.6) is 0 Å². The summed E-state index contributed by atoms with van der Waals surface area (Å²) in [5, 5.41) is 3.77.